The molecule has 0 spiro atoms. The van der Waals surface area contributed by atoms with Gasteiger partial charge in [0.2, 0.25) is 5.91 Å². The fourth-order valence-electron chi connectivity index (χ4n) is 3.39. The van der Waals surface area contributed by atoms with Gasteiger partial charge in [0.05, 0.1) is 24.0 Å². The fraction of sp³-hybridized carbons (Fsp3) is 0.562. The Morgan fingerprint density at radius 1 is 1.45 bits per heavy atom. The van der Waals surface area contributed by atoms with Crippen LogP contribution in [0.2, 0.25) is 0 Å². The third kappa shape index (κ3) is 2.65. The molecule has 118 valence electrons. The number of hydrogen-bond donors (Lipinski definition) is 0. The summed E-state index contributed by atoms with van der Waals surface area (Å²) in [6, 6.07) is 0.317. The molecule has 2 aromatic rings. The van der Waals surface area contributed by atoms with Crippen LogP contribution in [-0.4, -0.2) is 38.6 Å². The zero-order valence-electron chi connectivity index (χ0n) is 13.3. The Morgan fingerprint density at radius 2 is 2.27 bits per heavy atom. The molecule has 0 saturated carbocycles. The summed E-state index contributed by atoms with van der Waals surface area (Å²) in [7, 11) is 0. The lowest BCUT2D eigenvalue weighted by molar-refractivity contribution is -0.134. The van der Waals surface area contributed by atoms with E-state index in [9.17, 15) is 4.79 Å². The SMILES string of the molecule is Cc1noc(C)c1[C@H](C)C(=O)N1CCC[C@H](n2ccnc2)C1. The zero-order valence-corrected chi connectivity index (χ0v) is 13.3. The van der Waals surface area contributed by atoms with Gasteiger partial charge < -0.3 is 14.0 Å². The van der Waals surface area contributed by atoms with Gasteiger partial charge in [0, 0.05) is 31.0 Å². The number of hydrogen-bond acceptors (Lipinski definition) is 4. The summed E-state index contributed by atoms with van der Waals surface area (Å²) in [6.07, 6.45) is 7.68. The number of carbonyl (C=O) groups excluding carboxylic acids is 1. The van der Waals surface area contributed by atoms with Crippen molar-refractivity contribution in [3.8, 4) is 0 Å². The topological polar surface area (TPSA) is 64.2 Å². The second-order valence-corrected chi connectivity index (χ2v) is 6.05. The van der Waals surface area contributed by atoms with Crippen molar-refractivity contribution in [1.82, 2.24) is 19.6 Å². The van der Waals surface area contributed by atoms with Gasteiger partial charge in [-0.1, -0.05) is 5.16 Å². The van der Waals surface area contributed by atoms with Gasteiger partial charge in [0.15, 0.2) is 0 Å². The molecule has 3 rings (SSSR count). The van der Waals surface area contributed by atoms with E-state index in [4.69, 9.17) is 4.52 Å². The third-order valence-corrected chi connectivity index (χ3v) is 4.55. The molecule has 22 heavy (non-hydrogen) atoms. The number of amides is 1. The van der Waals surface area contributed by atoms with Crippen molar-refractivity contribution in [3.63, 3.8) is 0 Å². The van der Waals surface area contributed by atoms with Crippen molar-refractivity contribution in [2.24, 2.45) is 0 Å². The second kappa shape index (κ2) is 5.94. The molecule has 1 amide bonds. The molecule has 0 aromatic carbocycles. The van der Waals surface area contributed by atoms with Crippen LogP contribution in [0.5, 0.6) is 0 Å². The summed E-state index contributed by atoms with van der Waals surface area (Å²) in [4.78, 5) is 18.9. The summed E-state index contributed by atoms with van der Waals surface area (Å²) < 4.78 is 7.30. The van der Waals surface area contributed by atoms with Crippen molar-refractivity contribution in [1.29, 1.82) is 0 Å². The molecule has 0 bridgehead atoms. The Morgan fingerprint density at radius 3 is 2.91 bits per heavy atom. The highest BCUT2D eigenvalue weighted by Gasteiger charge is 2.30. The lowest BCUT2D eigenvalue weighted by Crippen LogP contribution is -2.42. The van der Waals surface area contributed by atoms with Crippen molar-refractivity contribution < 1.29 is 9.32 Å². The monoisotopic (exact) mass is 302 g/mol. The van der Waals surface area contributed by atoms with Crippen LogP contribution in [0, 0.1) is 13.8 Å². The average molecular weight is 302 g/mol. The zero-order chi connectivity index (χ0) is 15.7. The maximum absolute atomic E-state index is 12.8. The number of piperidine rings is 1. The number of imidazole rings is 1. The predicted octanol–water partition coefficient (Wildman–Crippen LogP) is 2.46. The minimum Gasteiger partial charge on any atom is -0.361 e. The first kappa shape index (κ1) is 14.8. The van der Waals surface area contributed by atoms with Gasteiger partial charge in [-0.15, -0.1) is 0 Å². The van der Waals surface area contributed by atoms with Crippen molar-refractivity contribution in [2.75, 3.05) is 13.1 Å². The van der Waals surface area contributed by atoms with E-state index in [0.717, 1.165) is 42.9 Å². The standard InChI is InChI=1S/C16H22N4O2/c1-11(15-12(2)18-22-13(15)3)16(21)19-7-4-5-14(9-19)20-8-6-17-10-20/h6,8,10-11,14H,4-5,7,9H2,1-3H3/t11-,14-/m0/s1. The highest BCUT2D eigenvalue weighted by molar-refractivity contribution is 5.84. The minimum absolute atomic E-state index is 0.152. The summed E-state index contributed by atoms with van der Waals surface area (Å²) in [5.74, 6) is 0.675. The molecule has 2 aromatic heterocycles. The van der Waals surface area contributed by atoms with E-state index in [2.05, 4.69) is 14.7 Å². The van der Waals surface area contributed by atoms with Crippen LogP contribution in [0.3, 0.4) is 0 Å². The lowest BCUT2D eigenvalue weighted by atomic mass is 9.96. The molecule has 2 atom stereocenters. The van der Waals surface area contributed by atoms with Crippen LogP contribution < -0.4 is 0 Å². The van der Waals surface area contributed by atoms with Crippen LogP contribution in [-0.2, 0) is 4.79 Å². The largest absolute Gasteiger partial charge is 0.361 e. The van der Waals surface area contributed by atoms with Gasteiger partial charge in [-0.25, -0.2) is 4.98 Å². The molecule has 3 heterocycles. The molecule has 0 N–H and O–H groups in total. The number of nitrogens with zero attached hydrogens (tertiary/aromatic N) is 4. The Labute approximate surface area is 130 Å². The Balaban J connectivity index is 1.74. The minimum atomic E-state index is -0.215. The smallest absolute Gasteiger partial charge is 0.230 e. The first-order chi connectivity index (χ1) is 10.6. The molecular weight excluding hydrogens is 280 g/mol. The van der Waals surface area contributed by atoms with Gasteiger partial charge in [0.1, 0.15) is 5.76 Å². The van der Waals surface area contributed by atoms with Crippen LogP contribution in [0.1, 0.15) is 48.7 Å². The molecule has 1 aliphatic rings. The molecular formula is C16H22N4O2. The Kier molecular flexibility index (Phi) is 4.00. The first-order valence-corrected chi connectivity index (χ1v) is 7.77. The average Bonchev–Trinajstić information content (AvgIpc) is 3.16. The van der Waals surface area contributed by atoms with Crippen LogP contribution in [0.4, 0.5) is 0 Å². The highest BCUT2D eigenvalue weighted by atomic mass is 16.5. The normalized spacial score (nSPS) is 20.1. The quantitative estimate of drug-likeness (QED) is 0.873. The van der Waals surface area contributed by atoms with E-state index in [1.54, 1.807) is 6.20 Å². The van der Waals surface area contributed by atoms with E-state index >= 15 is 0 Å². The molecule has 0 radical (unpaired) electrons. The van der Waals surface area contributed by atoms with Crippen molar-refractivity contribution in [3.05, 3.63) is 35.7 Å². The number of aromatic nitrogens is 3. The van der Waals surface area contributed by atoms with Gasteiger partial charge >= 0.3 is 0 Å². The second-order valence-electron chi connectivity index (χ2n) is 6.05. The summed E-state index contributed by atoms with van der Waals surface area (Å²) in [6.45, 7) is 7.25. The Bertz CT molecular complexity index is 628. The van der Waals surface area contributed by atoms with E-state index < -0.39 is 0 Å². The molecule has 1 saturated heterocycles. The van der Waals surface area contributed by atoms with Crippen LogP contribution >= 0.6 is 0 Å². The van der Waals surface area contributed by atoms with Crippen LogP contribution in [0.15, 0.2) is 23.2 Å². The van der Waals surface area contributed by atoms with E-state index in [1.165, 1.54) is 0 Å². The molecule has 1 aliphatic heterocycles. The third-order valence-electron chi connectivity index (χ3n) is 4.55. The molecule has 6 heteroatoms. The number of aryl methyl sites for hydroxylation is 2. The number of carbonyl (C=O) groups is 1. The summed E-state index contributed by atoms with van der Waals surface area (Å²) in [5, 5.41) is 3.96. The molecule has 1 fully saturated rings. The maximum atomic E-state index is 12.8. The van der Waals surface area contributed by atoms with E-state index in [1.807, 2.05) is 38.2 Å². The number of rotatable bonds is 3. The molecule has 0 aliphatic carbocycles. The maximum Gasteiger partial charge on any atom is 0.230 e. The van der Waals surface area contributed by atoms with E-state index in [0.29, 0.717) is 6.04 Å². The van der Waals surface area contributed by atoms with Gasteiger partial charge in [-0.2, -0.15) is 0 Å². The van der Waals surface area contributed by atoms with Gasteiger partial charge in [-0.05, 0) is 33.6 Å². The van der Waals surface area contributed by atoms with Gasteiger partial charge in [0.25, 0.3) is 0 Å². The Hall–Kier alpha value is -2.11. The fourth-order valence-corrected chi connectivity index (χ4v) is 3.39. The van der Waals surface area contributed by atoms with Crippen LogP contribution in [0.25, 0.3) is 0 Å². The van der Waals surface area contributed by atoms with Gasteiger partial charge in [-0.3, -0.25) is 4.79 Å². The molecule has 6 nitrogen and oxygen atoms in total. The summed E-state index contributed by atoms with van der Waals surface area (Å²) >= 11 is 0. The lowest BCUT2D eigenvalue weighted by Gasteiger charge is -2.34. The van der Waals surface area contributed by atoms with E-state index in [-0.39, 0.29) is 11.8 Å². The van der Waals surface area contributed by atoms with Crippen molar-refractivity contribution in [2.45, 2.75) is 45.6 Å². The predicted molar refractivity (Wildman–Crippen MR) is 81.5 cm³/mol. The molecule has 0 unspecified atom stereocenters. The number of likely N-dealkylation sites (tertiary alicyclic amines) is 1. The van der Waals surface area contributed by atoms with Crippen molar-refractivity contribution >= 4 is 5.91 Å². The summed E-state index contributed by atoms with van der Waals surface area (Å²) in [5.41, 5.74) is 1.73. The first-order valence-electron chi connectivity index (χ1n) is 7.77. The highest BCUT2D eigenvalue weighted by Crippen LogP contribution is 2.28.